The molecule has 0 radical (unpaired) electrons. The van der Waals surface area contributed by atoms with Crippen molar-refractivity contribution < 1.29 is 8.42 Å². The van der Waals surface area contributed by atoms with E-state index in [0.717, 1.165) is 12.0 Å². The van der Waals surface area contributed by atoms with Crippen molar-refractivity contribution in [2.45, 2.75) is 25.2 Å². The molecule has 0 heterocycles. The Kier molecular flexibility index (Phi) is 4.71. The van der Waals surface area contributed by atoms with Gasteiger partial charge in [0.25, 0.3) is 0 Å². The fraction of sp³-hybridized carbons (Fsp3) is 0.333. The van der Waals surface area contributed by atoms with Crippen molar-refractivity contribution >= 4 is 10.0 Å². The molecule has 1 N–H and O–H groups in total. The highest BCUT2D eigenvalue weighted by molar-refractivity contribution is 7.89. The lowest BCUT2D eigenvalue weighted by Gasteiger charge is -2.04. The Balaban J connectivity index is 2.71. The van der Waals surface area contributed by atoms with Gasteiger partial charge in [0, 0.05) is 6.54 Å². The van der Waals surface area contributed by atoms with E-state index >= 15 is 0 Å². The second-order valence-corrected chi connectivity index (χ2v) is 5.31. The van der Waals surface area contributed by atoms with E-state index in [9.17, 15) is 8.42 Å². The van der Waals surface area contributed by atoms with E-state index in [2.05, 4.69) is 4.72 Å². The Hall–Kier alpha value is -1.13. The summed E-state index contributed by atoms with van der Waals surface area (Å²) in [6.45, 7) is 4.27. The predicted molar refractivity (Wildman–Crippen MR) is 65.8 cm³/mol. The van der Waals surface area contributed by atoms with Crippen LogP contribution in [-0.4, -0.2) is 15.0 Å². The van der Waals surface area contributed by atoms with Gasteiger partial charge in [-0.15, -0.1) is 0 Å². The second-order valence-electron chi connectivity index (χ2n) is 3.54. The van der Waals surface area contributed by atoms with Crippen LogP contribution in [0.4, 0.5) is 0 Å². The summed E-state index contributed by atoms with van der Waals surface area (Å²) in [4.78, 5) is 0.308. The van der Waals surface area contributed by atoms with Crippen LogP contribution in [0.25, 0.3) is 0 Å². The summed E-state index contributed by atoms with van der Waals surface area (Å²) in [7, 11) is -3.36. The average molecular weight is 239 g/mol. The highest BCUT2D eigenvalue weighted by atomic mass is 32.2. The molecule has 0 saturated carbocycles. The molecule has 0 bridgehead atoms. The standard InChI is InChI=1S/C12H17NO2S/c1-3-4-5-10-13-16(14,15)12-8-6-11(2)7-9-12/h4-9,13H,3,10H2,1-2H3/b5-4-. The van der Waals surface area contributed by atoms with Crippen LogP contribution in [0, 0.1) is 6.92 Å². The Labute approximate surface area is 97.2 Å². The van der Waals surface area contributed by atoms with Gasteiger partial charge in [0.1, 0.15) is 0 Å². The van der Waals surface area contributed by atoms with Gasteiger partial charge >= 0.3 is 0 Å². The van der Waals surface area contributed by atoms with Gasteiger partial charge in [-0.1, -0.05) is 36.8 Å². The summed E-state index contributed by atoms with van der Waals surface area (Å²) in [6, 6.07) is 6.80. The van der Waals surface area contributed by atoms with Crippen molar-refractivity contribution in [3.8, 4) is 0 Å². The summed E-state index contributed by atoms with van der Waals surface area (Å²) >= 11 is 0. The van der Waals surface area contributed by atoms with Crippen molar-refractivity contribution in [3.63, 3.8) is 0 Å². The molecule has 0 amide bonds. The van der Waals surface area contributed by atoms with E-state index in [1.54, 1.807) is 24.3 Å². The van der Waals surface area contributed by atoms with Gasteiger partial charge in [0.15, 0.2) is 0 Å². The van der Waals surface area contributed by atoms with E-state index < -0.39 is 10.0 Å². The average Bonchev–Trinajstić information content (AvgIpc) is 2.25. The van der Waals surface area contributed by atoms with E-state index in [-0.39, 0.29) is 0 Å². The van der Waals surface area contributed by atoms with E-state index in [4.69, 9.17) is 0 Å². The molecule has 16 heavy (non-hydrogen) atoms. The number of rotatable bonds is 5. The first-order valence-corrected chi connectivity index (χ1v) is 6.76. The minimum atomic E-state index is -3.36. The summed E-state index contributed by atoms with van der Waals surface area (Å²) < 4.78 is 26.0. The zero-order chi connectivity index (χ0) is 12.0. The zero-order valence-electron chi connectivity index (χ0n) is 9.60. The van der Waals surface area contributed by atoms with Crippen LogP contribution >= 0.6 is 0 Å². The second kappa shape index (κ2) is 5.82. The number of nitrogens with one attached hydrogen (secondary N) is 1. The van der Waals surface area contributed by atoms with Crippen molar-refractivity contribution in [3.05, 3.63) is 42.0 Å². The predicted octanol–water partition coefficient (Wildman–Crippen LogP) is 2.24. The Morgan fingerprint density at radius 3 is 2.38 bits per heavy atom. The molecule has 3 nitrogen and oxygen atoms in total. The van der Waals surface area contributed by atoms with Gasteiger partial charge in [-0.2, -0.15) is 0 Å². The maximum Gasteiger partial charge on any atom is 0.240 e. The molecule has 0 atom stereocenters. The first-order valence-electron chi connectivity index (χ1n) is 5.27. The van der Waals surface area contributed by atoms with Crippen LogP contribution in [-0.2, 0) is 10.0 Å². The van der Waals surface area contributed by atoms with Crippen LogP contribution in [0.1, 0.15) is 18.9 Å². The van der Waals surface area contributed by atoms with Crippen molar-refractivity contribution in [2.24, 2.45) is 0 Å². The largest absolute Gasteiger partial charge is 0.240 e. The number of sulfonamides is 1. The molecule has 0 aliphatic heterocycles. The fourth-order valence-corrected chi connectivity index (χ4v) is 2.19. The quantitative estimate of drug-likeness (QED) is 0.801. The lowest BCUT2D eigenvalue weighted by atomic mass is 10.2. The van der Waals surface area contributed by atoms with Gasteiger partial charge in [-0.3, -0.25) is 0 Å². The van der Waals surface area contributed by atoms with Gasteiger partial charge in [-0.25, -0.2) is 13.1 Å². The van der Waals surface area contributed by atoms with Crippen LogP contribution in [0.2, 0.25) is 0 Å². The molecule has 0 spiro atoms. The summed E-state index contributed by atoms with van der Waals surface area (Å²) in [6.07, 6.45) is 4.65. The molecular formula is C12H17NO2S. The van der Waals surface area contributed by atoms with E-state index in [1.807, 2.05) is 26.0 Å². The fourth-order valence-electron chi connectivity index (χ4n) is 1.21. The SMILES string of the molecule is CC/C=C\CNS(=O)(=O)c1ccc(C)cc1. The molecule has 0 unspecified atom stereocenters. The van der Waals surface area contributed by atoms with Crippen LogP contribution in [0.15, 0.2) is 41.3 Å². The Morgan fingerprint density at radius 2 is 1.81 bits per heavy atom. The van der Waals surface area contributed by atoms with Crippen LogP contribution < -0.4 is 4.72 Å². The minimum Gasteiger partial charge on any atom is -0.207 e. The maximum absolute atomic E-state index is 11.8. The minimum absolute atomic E-state index is 0.308. The highest BCUT2D eigenvalue weighted by Gasteiger charge is 2.11. The van der Waals surface area contributed by atoms with Gasteiger partial charge in [-0.05, 0) is 25.5 Å². The van der Waals surface area contributed by atoms with Gasteiger partial charge in [0.05, 0.1) is 4.90 Å². The molecule has 88 valence electrons. The van der Waals surface area contributed by atoms with E-state index in [0.29, 0.717) is 11.4 Å². The normalized spacial score (nSPS) is 12.1. The monoisotopic (exact) mass is 239 g/mol. The van der Waals surface area contributed by atoms with E-state index in [1.165, 1.54) is 0 Å². The van der Waals surface area contributed by atoms with Crippen LogP contribution in [0.3, 0.4) is 0 Å². The first kappa shape index (κ1) is 12.9. The van der Waals surface area contributed by atoms with Crippen molar-refractivity contribution in [1.82, 2.24) is 4.72 Å². The smallest absolute Gasteiger partial charge is 0.207 e. The summed E-state index contributed by atoms with van der Waals surface area (Å²) in [5.41, 5.74) is 1.05. The zero-order valence-corrected chi connectivity index (χ0v) is 10.4. The third-order valence-electron chi connectivity index (χ3n) is 2.12. The topological polar surface area (TPSA) is 46.2 Å². The molecule has 1 rings (SSSR count). The third-order valence-corrected chi connectivity index (χ3v) is 3.56. The summed E-state index contributed by atoms with van der Waals surface area (Å²) in [5.74, 6) is 0. The number of aryl methyl sites for hydroxylation is 1. The molecule has 4 heteroatoms. The Morgan fingerprint density at radius 1 is 1.19 bits per heavy atom. The number of hydrogen-bond donors (Lipinski definition) is 1. The number of benzene rings is 1. The number of allylic oxidation sites excluding steroid dienone is 1. The summed E-state index contributed by atoms with van der Waals surface area (Å²) in [5, 5.41) is 0. The molecule has 1 aromatic rings. The highest BCUT2D eigenvalue weighted by Crippen LogP contribution is 2.09. The number of hydrogen-bond acceptors (Lipinski definition) is 2. The Bertz CT molecular complexity index is 446. The third kappa shape index (κ3) is 3.79. The molecule has 0 aromatic heterocycles. The maximum atomic E-state index is 11.8. The van der Waals surface area contributed by atoms with Crippen molar-refractivity contribution in [2.75, 3.05) is 6.54 Å². The molecule has 0 saturated heterocycles. The first-order chi connectivity index (χ1) is 7.56. The molecule has 0 fully saturated rings. The lowest BCUT2D eigenvalue weighted by molar-refractivity contribution is 0.585. The molecule has 0 aliphatic carbocycles. The van der Waals surface area contributed by atoms with Crippen LogP contribution in [0.5, 0.6) is 0 Å². The van der Waals surface area contributed by atoms with Crippen molar-refractivity contribution in [1.29, 1.82) is 0 Å². The molecular weight excluding hydrogens is 222 g/mol. The van der Waals surface area contributed by atoms with Gasteiger partial charge in [0.2, 0.25) is 10.0 Å². The van der Waals surface area contributed by atoms with Gasteiger partial charge < -0.3 is 0 Å². The lowest BCUT2D eigenvalue weighted by Crippen LogP contribution is -2.23. The molecule has 0 aliphatic rings. The molecule has 1 aromatic carbocycles.